The molecule has 0 aromatic rings. The van der Waals surface area contributed by atoms with Gasteiger partial charge < -0.3 is 5.32 Å². The summed E-state index contributed by atoms with van der Waals surface area (Å²) in [4.78, 5) is 0. The second-order valence-electron chi connectivity index (χ2n) is 4.24. The summed E-state index contributed by atoms with van der Waals surface area (Å²) in [5.74, 6) is 0. The van der Waals surface area contributed by atoms with E-state index in [0.717, 1.165) is 5.37 Å². The topological polar surface area (TPSA) is 12.0 Å². The molecule has 1 aliphatic rings. The zero-order valence-corrected chi connectivity index (χ0v) is 9.34. The number of rotatable bonds is 4. The Hall–Kier alpha value is 0.310. The van der Waals surface area contributed by atoms with Gasteiger partial charge in [0, 0.05) is 11.3 Å². The van der Waals surface area contributed by atoms with Crippen LogP contribution in [0.3, 0.4) is 0 Å². The second-order valence-corrected chi connectivity index (χ2v) is 6.15. The molecule has 0 radical (unpaired) electrons. The van der Waals surface area contributed by atoms with Gasteiger partial charge >= 0.3 is 0 Å². The Kier molecular flexibility index (Phi) is 3.91. The normalized spacial score (nSPS) is 27.8. The van der Waals surface area contributed by atoms with Gasteiger partial charge in [-0.15, -0.1) is 11.8 Å². The minimum absolute atomic E-state index is 0.469. The number of nitrogens with one attached hydrogen (secondary N) is 1. The lowest BCUT2D eigenvalue weighted by molar-refractivity contribution is 0.569. The third kappa shape index (κ3) is 3.36. The summed E-state index contributed by atoms with van der Waals surface area (Å²) in [6, 6.07) is 0. The van der Waals surface area contributed by atoms with Crippen LogP contribution in [0.2, 0.25) is 0 Å². The number of hydrogen-bond donors (Lipinski definition) is 1. The Labute approximate surface area is 80.7 Å². The van der Waals surface area contributed by atoms with Gasteiger partial charge in [0.2, 0.25) is 0 Å². The van der Waals surface area contributed by atoms with E-state index in [2.05, 4.69) is 37.8 Å². The van der Waals surface area contributed by atoms with Crippen molar-refractivity contribution in [2.45, 2.75) is 56.6 Å². The standard InChI is InChI=1S/C10H21NS/c1-4-5-6-7-9-11-8-10(2,3)12-9/h9,11H,4-8H2,1-3H3. The average Bonchev–Trinajstić information content (AvgIpc) is 2.31. The van der Waals surface area contributed by atoms with Crippen molar-refractivity contribution in [3.8, 4) is 0 Å². The SMILES string of the molecule is CCCCCC1NCC(C)(C)S1. The Morgan fingerprint density at radius 2 is 2.17 bits per heavy atom. The summed E-state index contributed by atoms with van der Waals surface area (Å²) in [5.41, 5.74) is 0. The Morgan fingerprint density at radius 1 is 1.42 bits per heavy atom. The quantitative estimate of drug-likeness (QED) is 0.679. The average molecular weight is 187 g/mol. The van der Waals surface area contributed by atoms with Crippen LogP contribution < -0.4 is 5.32 Å². The van der Waals surface area contributed by atoms with Crippen molar-refractivity contribution < 1.29 is 0 Å². The van der Waals surface area contributed by atoms with Crippen LogP contribution in [-0.2, 0) is 0 Å². The molecule has 1 nitrogen and oxygen atoms in total. The van der Waals surface area contributed by atoms with Crippen molar-refractivity contribution in [3.05, 3.63) is 0 Å². The number of hydrogen-bond acceptors (Lipinski definition) is 2. The molecule has 12 heavy (non-hydrogen) atoms. The van der Waals surface area contributed by atoms with Gasteiger partial charge in [0.05, 0.1) is 5.37 Å². The molecule has 1 N–H and O–H groups in total. The molecule has 1 aliphatic heterocycles. The van der Waals surface area contributed by atoms with E-state index >= 15 is 0 Å². The molecule has 72 valence electrons. The smallest absolute Gasteiger partial charge is 0.0538 e. The highest BCUT2D eigenvalue weighted by Gasteiger charge is 2.30. The first-order valence-corrected chi connectivity index (χ1v) is 5.93. The van der Waals surface area contributed by atoms with Gasteiger partial charge in [-0.25, -0.2) is 0 Å². The molecule has 1 fully saturated rings. The Bertz CT molecular complexity index is 134. The molecule has 0 spiro atoms. The Balaban J connectivity index is 2.11. The van der Waals surface area contributed by atoms with Gasteiger partial charge in [0.1, 0.15) is 0 Å². The first-order valence-electron chi connectivity index (χ1n) is 5.05. The first kappa shape index (κ1) is 10.4. The van der Waals surface area contributed by atoms with Crippen molar-refractivity contribution in [2.24, 2.45) is 0 Å². The lowest BCUT2D eigenvalue weighted by Gasteiger charge is -2.14. The monoisotopic (exact) mass is 187 g/mol. The molecule has 2 heteroatoms. The second kappa shape index (κ2) is 4.52. The van der Waals surface area contributed by atoms with Crippen molar-refractivity contribution >= 4 is 11.8 Å². The lowest BCUT2D eigenvalue weighted by atomic mass is 10.2. The molecule has 0 aromatic heterocycles. The molecule has 1 heterocycles. The molecule has 0 aromatic carbocycles. The lowest BCUT2D eigenvalue weighted by Crippen LogP contribution is -2.23. The highest BCUT2D eigenvalue weighted by molar-refractivity contribution is 8.01. The fourth-order valence-electron chi connectivity index (χ4n) is 1.57. The molecule has 0 bridgehead atoms. The molecule has 1 saturated heterocycles. The van der Waals surface area contributed by atoms with Crippen LogP contribution in [0.15, 0.2) is 0 Å². The zero-order chi connectivity index (χ0) is 9.03. The maximum atomic E-state index is 3.57. The van der Waals surface area contributed by atoms with Gasteiger partial charge in [-0.05, 0) is 20.3 Å². The zero-order valence-electron chi connectivity index (χ0n) is 8.52. The largest absolute Gasteiger partial charge is 0.304 e. The fourth-order valence-corrected chi connectivity index (χ4v) is 2.96. The minimum atomic E-state index is 0.469. The van der Waals surface area contributed by atoms with Gasteiger partial charge in [0.15, 0.2) is 0 Å². The van der Waals surface area contributed by atoms with Crippen LogP contribution in [0.25, 0.3) is 0 Å². The van der Waals surface area contributed by atoms with Crippen LogP contribution in [0.5, 0.6) is 0 Å². The maximum Gasteiger partial charge on any atom is 0.0538 e. The third-order valence-corrected chi connectivity index (χ3v) is 3.76. The van der Waals surface area contributed by atoms with E-state index in [-0.39, 0.29) is 0 Å². The molecule has 1 unspecified atom stereocenters. The van der Waals surface area contributed by atoms with E-state index in [4.69, 9.17) is 0 Å². The molecule has 0 amide bonds. The highest BCUT2D eigenvalue weighted by Crippen LogP contribution is 2.34. The minimum Gasteiger partial charge on any atom is -0.304 e. The van der Waals surface area contributed by atoms with Gasteiger partial charge in [-0.1, -0.05) is 26.2 Å². The fraction of sp³-hybridized carbons (Fsp3) is 1.00. The van der Waals surface area contributed by atoms with Crippen molar-refractivity contribution in [1.82, 2.24) is 5.32 Å². The van der Waals surface area contributed by atoms with E-state index in [1.54, 1.807) is 0 Å². The molecule has 1 atom stereocenters. The highest BCUT2D eigenvalue weighted by atomic mass is 32.2. The van der Waals surface area contributed by atoms with Crippen LogP contribution in [-0.4, -0.2) is 16.7 Å². The van der Waals surface area contributed by atoms with Crippen LogP contribution in [0.1, 0.15) is 46.5 Å². The predicted octanol–water partition coefficient (Wildman–Crippen LogP) is 3.01. The van der Waals surface area contributed by atoms with E-state index in [1.165, 1.54) is 32.2 Å². The molecular formula is C10H21NS. The number of thioether (sulfide) groups is 1. The van der Waals surface area contributed by atoms with E-state index in [0.29, 0.717) is 4.75 Å². The van der Waals surface area contributed by atoms with Crippen LogP contribution in [0, 0.1) is 0 Å². The summed E-state index contributed by atoms with van der Waals surface area (Å²) in [6.45, 7) is 8.09. The first-order chi connectivity index (χ1) is 5.64. The maximum absolute atomic E-state index is 3.57. The molecule has 0 saturated carbocycles. The summed E-state index contributed by atoms with van der Waals surface area (Å²) in [5, 5.41) is 4.30. The summed E-state index contributed by atoms with van der Waals surface area (Å²) in [7, 11) is 0. The summed E-state index contributed by atoms with van der Waals surface area (Å²) < 4.78 is 0.469. The molecule has 0 aliphatic carbocycles. The van der Waals surface area contributed by atoms with Crippen molar-refractivity contribution in [2.75, 3.05) is 6.54 Å². The van der Waals surface area contributed by atoms with Crippen LogP contribution >= 0.6 is 11.8 Å². The van der Waals surface area contributed by atoms with E-state index in [1.807, 2.05) is 0 Å². The molecular weight excluding hydrogens is 166 g/mol. The number of unbranched alkanes of at least 4 members (excludes halogenated alkanes) is 2. The van der Waals surface area contributed by atoms with Crippen LogP contribution in [0.4, 0.5) is 0 Å². The molecule has 1 rings (SSSR count). The Morgan fingerprint density at radius 3 is 2.67 bits per heavy atom. The van der Waals surface area contributed by atoms with Crippen molar-refractivity contribution in [3.63, 3.8) is 0 Å². The van der Waals surface area contributed by atoms with Crippen molar-refractivity contribution in [1.29, 1.82) is 0 Å². The summed E-state index contributed by atoms with van der Waals surface area (Å²) >= 11 is 2.11. The third-order valence-electron chi connectivity index (χ3n) is 2.29. The van der Waals surface area contributed by atoms with Gasteiger partial charge in [-0.2, -0.15) is 0 Å². The van der Waals surface area contributed by atoms with E-state index < -0.39 is 0 Å². The predicted molar refractivity (Wildman–Crippen MR) is 57.6 cm³/mol. The van der Waals surface area contributed by atoms with E-state index in [9.17, 15) is 0 Å². The van der Waals surface area contributed by atoms with Gasteiger partial charge in [-0.3, -0.25) is 0 Å². The summed E-state index contributed by atoms with van der Waals surface area (Å²) in [6.07, 6.45) is 5.46. The van der Waals surface area contributed by atoms with Gasteiger partial charge in [0.25, 0.3) is 0 Å².